The Hall–Kier alpha value is -3.07. The number of hydrogen-bond donors (Lipinski definition) is 3. The Morgan fingerprint density at radius 1 is 1.23 bits per heavy atom. The molecule has 4 rings (SSSR count). The molecule has 1 aromatic carbocycles. The summed E-state index contributed by atoms with van der Waals surface area (Å²) >= 11 is 0. The number of aromatic nitrogens is 4. The van der Waals surface area contributed by atoms with E-state index in [-0.39, 0.29) is 24.7 Å². The number of benzene rings is 1. The summed E-state index contributed by atoms with van der Waals surface area (Å²) in [6, 6.07) is 9.49. The minimum atomic E-state index is -0.869. The number of anilines is 1. The van der Waals surface area contributed by atoms with Gasteiger partial charge in [-0.2, -0.15) is 4.98 Å². The number of para-hydroxylation sites is 1. The Bertz CT molecular complexity index is 1110. The number of nitrogens with one attached hydrogen (secondary N) is 2. The zero-order valence-corrected chi connectivity index (χ0v) is 17.0. The summed E-state index contributed by atoms with van der Waals surface area (Å²) < 4.78 is 8.61. The number of aromatic amines is 1. The van der Waals surface area contributed by atoms with Crippen LogP contribution in [0.25, 0.3) is 11.2 Å². The van der Waals surface area contributed by atoms with Crippen LogP contribution in [0.15, 0.2) is 39.9 Å². The summed E-state index contributed by atoms with van der Waals surface area (Å²) in [6.45, 7) is 0.176. The summed E-state index contributed by atoms with van der Waals surface area (Å²) in [5, 5.41) is 14.0. The second-order valence-corrected chi connectivity index (χ2v) is 7.79. The SMILES string of the molecule is Cn1c(=O)[nH]c(=O)c2c1nc(NC1CCCCC1)n2C[C@@H](O)COc1ccccc1. The van der Waals surface area contributed by atoms with E-state index in [0.717, 1.165) is 25.7 Å². The van der Waals surface area contributed by atoms with Crippen molar-refractivity contribution in [1.29, 1.82) is 0 Å². The Kier molecular flexibility index (Phi) is 5.89. The third-order valence-electron chi connectivity index (χ3n) is 5.52. The number of fused-ring (bicyclic) bond motifs is 1. The molecule has 0 saturated heterocycles. The number of ether oxygens (including phenoxy) is 1. The van der Waals surface area contributed by atoms with Gasteiger partial charge in [0.25, 0.3) is 5.56 Å². The second-order valence-electron chi connectivity index (χ2n) is 7.79. The molecule has 9 heteroatoms. The Labute approximate surface area is 173 Å². The van der Waals surface area contributed by atoms with Crippen molar-refractivity contribution in [2.45, 2.75) is 50.8 Å². The molecule has 1 fully saturated rings. The second kappa shape index (κ2) is 8.74. The fourth-order valence-corrected chi connectivity index (χ4v) is 3.92. The van der Waals surface area contributed by atoms with E-state index < -0.39 is 17.4 Å². The largest absolute Gasteiger partial charge is 0.491 e. The lowest BCUT2D eigenvalue weighted by Crippen LogP contribution is -2.31. The maximum absolute atomic E-state index is 12.6. The first-order valence-electron chi connectivity index (χ1n) is 10.3. The first kappa shape index (κ1) is 20.2. The topological polar surface area (TPSA) is 114 Å². The van der Waals surface area contributed by atoms with Gasteiger partial charge in [-0.15, -0.1) is 0 Å². The maximum atomic E-state index is 12.6. The molecule has 2 heterocycles. The molecule has 1 atom stereocenters. The third-order valence-corrected chi connectivity index (χ3v) is 5.52. The van der Waals surface area contributed by atoms with Gasteiger partial charge in [-0.1, -0.05) is 37.5 Å². The van der Waals surface area contributed by atoms with Gasteiger partial charge in [-0.05, 0) is 25.0 Å². The van der Waals surface area contributed by atoms with Gasteiger partial charge in [0, 0.05) is 13.1 Å². The van der Waals surface area contributed by atoms with E-state index in [4.69, 9.17) is 4.74 Å². The van der Waals surface area contributed by atoms with E-state index in [1.807, 2.05) is 30.3 Å². The molecule has 0 spiro atoms. The van der Waals surface area contributed by atoms with E-state index in [1.54, 1.807) is 11.6 Å². The van der Waals surface area contributed by atoms with Crippen LogP contribution < -0.4 is 21.3 Å². The molecular weight excluding hydrogens is 386 g/mol. The number of hydrogen-bond acceptors (Lipinski definition) is 6. The van der Waals surface area contributed by atoms with Crippen LogP contribution in [-0.4, -0.2) is 43.0 Å². The molecule has 3 N–H and O–H groups in total. The van der Waals surface area contributed by atoms with Crippen LogP contribution in [-0.2, 0) is 13.6 Å². The van der Waals surface area contributed by atoms with Crippen molar-refractivity contribution in [2.24, 2.45) is 7.05 Å². The first-order valence-corrected chi connectivity index (χ1v) is 10.3. The lowest BCUT2D eigenvalue weighted by molar-refractivity contribution is 0.0938. The summed E-state index contributed by atoms with van der Waals surface area (Å²) in [4.78, 5) is 31.4. The zero-order chi connectivity index (χ0) is 21.1. The number of aliphatic hydroxyl groups excluding tert-OH is 1. The highest BCUT2D eigenvalue weighted by molar-refractivity contribution is 5.74. The Morgan fingerprint density at radius 2 is 1.97 bits per heavy atom. The lowest BCUT2D eigenvalue weighted by atomic mass is 9.96. The molecule has 1 aliphatic rings. The predicted molar refractivity (Wildman–Crippen MR) is 114 cm³/mol. The van der Waals surface area contributed by atoms with Crippen LogP contribution in [0.5, 0.6) is 5.75 Å². The summed E-state index contributed by atoms with van der Waals surface area (Å²) in [5.74, 6) is 1.15. The van der Waals surface area contributed by atoms with E-state index in [9.17, 15) is 14.7 Å². The van der Waals surface area contributed by atoms with Crippen LogP contribution in [0.2, 0.25) is 0 Å². The smallest absolute Gasteiger partial charge is 0.329 e. The molecule has 2 aromatic heterocycles. The molecule has 30 heavy (non-hydrogen) atoms. The highest BCUT2D eigenvalue weighted by Gasteiger charge is 2.22. The molecule has 0 radical (unpaired) electrons. The van der Waals surface area contributed by atoms with Crippen molar-refractivity contribution < 1.29 is 9.84 Å². The Balaban J connectivity index is 1.63. The van der Waals surface area contributed by atoms with Crippen molar-refractivity contribution in [3.8, 4) is 5.75 Å². The van der Waals surface area contributed by atoms with Crippen LogP contribution in [0.3, 0.4) is 0 Å². The van der Waals surface area contributed by atoms with Crippen molar-refractivity contribution in [3.05, 3.63) is 51.2 Å². The zero-order valence-electron chi connectivity index (χ0n) is 17.0. The van der Waals surface area contributed by atoms with Crippen molar-refractivity contribution in [1.82, 2.24) is 19.1 Å². The fraction of sp³-hybridized carbons (Fsp3) is 0.476. The van der Waals surface area contributed by atoms with E-state index in [2.05, 4.69) is 15.3 Å². The highest BCUT2D eigenvalue weighted by Crippen LogP contribution is 2.23. The summed E-state index contributed by atoms with van der Waals surface area (Å²) in [5.41, 5.74) is -0.491. The summed E-state index contributed by atoms with van der Waals surface area (Å²) in [6.07, 6.45) is 4.69. The fourth-order valence-electron chi connectivity index (χ4n) is 3.92. The predicted octanol–water partition coefficient (Wildman–Crippen LogP) is 1.61. The van der Waals surface area contributed by atoms with E-state index >= 15 is 0 Å². The lowest BCUT2D eigenvalue weighted by Gasteiger charge is -2.24. The van der Waals surface area contributed by atoms with Gasteiger partial charge in [0.05, 0.1) is 6.54 Å². The van der Waals surface area contributed by atoms with Crippen LogP contribution in [0.1, 0.15) is 32.1 Å². The number of H-pyrrole nitrogens is 1. The van der Waals surface area contributed by atoms with Crippen molar-refractivity contribution in [2.75, 3.05) is 11.9 Å². The molecule has 3 aromatic rings. The molecule has 160 valence electrons. The Morgan fingerprint density at radius 3 is 2.70 bits per heavy atom. The van der Waals surface area contributed by atoms with Crippen molar-refractivity contribution >= 4 is 17.1 Å². The monoisotopic (exact) mass is 413 g/mol. The molecule has 0 aliphatic heterocycles. The van der Waals surface area contributed by atoms with E-state index in [0.29, 0.717) is 17.3 Å². The van der Waals surface area contributed by atoms with Gasteiger partial charge in [-0.25, -0.2) is 4.79 Å². The standard InChI is InChI=1S/C21H27N5O4/c1-25-18-17(19(28)24-21(25)29)26(20(23-18)22-14-8-4-2-5-9-14)12-15(27)13-30-16-10-6-3-7-11-16/h3,6-7,10-11,14-15,27H,2,4-5,8-9,12-13H2,1H3,(H,22,23)(H,24,28,29)/t15-/m1/s1. The average molecular weight is 413 g/mol. The van der Waals surface area contributed by atoms with Gasteiger partial charge >= 0.3 is 5.69 Å². The van der Waals surface area contributed by atoms with Gasteiger partial charge in [0.15, 0.2) is 11.2 Å². The van der Waals surface area contributed by atoms with E-state index in [1.165, 1.54) is 11.0 Å². The number of aliphatic hydroxyl groups is 1. The third kappa shape index (κ3) is 4.25. The van der Waals surface area contributed by atoms with Gasteiger partial charge < -0.3 is 19.7 Å². The molecule has 9 nitrogen and oxygen atoms in total. The highest BCUT2D eigenvalue weighted by atomic mass is 16.5. The van der Waals surface area contributed by atoms with Crippen LogP contribution >= 0.6 is 0 Å². The van der Waals surface area contributed by atoms with Crippen molar-refractivity contribution in [3.63, 3.8) is 0 Å². The van der Waals surface area contributed by atoms with Gasteiger partial charge in [0.2, 0.25) is 5.95 Å². The molecular formula is C21H27N5O4. The first-order chi connectivity index (χ1) is 14.5. The number of aryl methyl sites for hydroxylation is 1. The minimum Gasteiger partial charge on any atom is -0.491 e. The van der Waals surface area contributed by atoms with Gasteiger partial charge in [-0.3, -0.25) is 14.3 Å². The quantitative estimate of drug-likeness (QED) is 0.542. The maximum Gasteiger partial charge on any atom is 0.329 e. The molecule has 1 aliphatic carbocycles. The minimum absolute atomic E-state index is 0.0657. The van der Waals surface area contributed by atoms with Crippen LogP contribution in [0, 0.1) is 0 Å². The molecule has 0 unspecified atom stereocenters. The van der Waals surface area contributed by atoms with Crippen LogP contribution in [0.4, 0.5) is 5.95 Å². The number of imidazole rings is 1. The molecule has 0 amide bonds. The van der Waals surface area contributed by atoms with Gasteiger partial charge in [0.1, 0.15) is 18.5 Å². The number of rotatable bonds is 7. The molecule has 0 bridgehead atoms. The average Bonchev–Trinajstić information content (AvgIpc) is 3.10. The number of nitrogens with zero attached hydrogens (tertiary/aromatic N) is 3. The summed E-state index contributed by atoms with van der Waals surface area (Å²) in [7, 11) is 1.57. The molecule has 1 saturated carbocycles. The normalized spacial score (nSPS) is 15.9.